The number of hydrogen-bond acceptors (Lipinski definition) is 2. The average Bonchev–Trinajstić information content (AvgIpc) is 2.51. The monoisotopic (exact) mass is 337 g/mol. The van der Waals surface area contributed by atoms with Crippen LogP contribution in [0.1, 0.15) is 29.5 Å². The summed E-state index contributed by atoms with van der Waals surface area (Å²) >= 11 is 12.4. The van der Waals surface area contributed by atoms with Crippen LogP contribution >= 0.6 is 23.2 Å². The largest absolute Gasteiger partial charge is 0.494 e. The minimum atomic E-state index is 0.136. The summed E-state index contributed by atoms with van der Waals surface area (Å²) in [6.45, 7) is 5.20. The third kappa shape index (κ3) is 3.95. The molecule has 2 aromatic rings. The standard InChI is InChI=1S/C18H21Cl2NO/c1-3-22-17-8-7-12(2)9-15(17)14(11-21)10-13-5-4-6-16(19)18(13)20/h4-9,14H,3,10-11,21H2,1-2H3. The maximum absolute atomic E-state index is 6.31. The first kappa shape index (κ1) is 17.1. The van der Waals surface area contributed by atoms with Crippen LogP contribution < -0.4 is 10.5 Å². The predicted octanol–water partition coefficient (Wildman–Crippen LogP) is 4.99. The molecule has 22 heavy (non-hydrogen) atoms. The lowest BCUT2D eigenvalue weighted by molar-refractivity contribution is 0.334. The SMILES string of the molecule is CCOc1ccc(C)cc1C(CN)Cc1cccc(Cl)c1Cl. The Morgan fingerprint density at radius 1 is 1.18 bits per heavy atom. The Hall–Kier alpha value is -1.22. The van der Waals surface area contributed by atoms with E-state index in [-0.39, 0.29) is 5.92 Å². The number of aryl methyl sites for hydroxylation is 1. The Labute approximate surface area is 142 Å². The second-order valence-electron chi connectivity index (χ2n) is 5.32. The van der Waals surface area contributed by atoms with Crippen molar-refractivity contribution in [3.8, 4) is 5.75 Å². The molecule has 0 aliphatic rings. The van der Waals surface area contributed by atoms with Crippen molar-refractivity contribution < 1.29 is 4.74 Å². The Balaban J connectivity index is 2.36. The highest BCUT2D eigenvalue weighted by Crippen LogP contribution is 2.33. The zero-order valence-corrected chi connectivity index (χ0v) is 14.4. The van der Waals surface area contributed by atoms with Crippen LogP contribution in [0.3, 0.4) is 0 Å². The van der Waals surface area contributed by atoms with Gasteiger partial charge in [-0.25, -0.2) is 0 Å². The van der Waals surface area contributed by atoms with E-state index in [0.717, 1.165) is 23.3 Å². The Kier molecular flexibility index (Phi) is 6.13. The predicted molar refractivity (Wildman–Crippen MR) is 94.3 cm³/mol. The highest BCUT2D eigenvalue weighted by atomic mass is 35.5. The van der Waals surface area contributed by atoms with Gasteiger partial charge in [0.2, 0.25) is 0 Å². The Bertz CT molecular complexity index is 643. The Morgan fingerprint density at radius 2 is 1.95 bits per heavy atom. The van der Waals surface area contributed by atoms with E-state index < -0.39 is 0 Å². The molecule has 0 amide bonds. The normalized spacial score (nSPS) is 12.2. The highest BCUT2D eigenvalue weighted by molar-refractivity contribution is 6.42. The first-order valence-electron chi connectivity index (χ1n) is 7.43. The van der Waals surface area contributed by atoms with Gasteiger partial charge in [-0.2, -0.15) is 0 Å². The molecule has 1 atom stereocenters. The van der Waals surface area contributed by atoms with Gasteiger partial charge in [0.25, 0.3) is 0 Å². The molecule has 0 aliphatic carbocycles. The molecule has 118 valence electrons. The zero-order valence-electron chi connectivity index (χ0n) is 12.9. The van der Waals surface area contributed by atoms with Crippen LogP contribution in [0.5, 0.6) is 5.75 Å². The molecule has 0 saturated heterocycles. The molecule has 0 heterocycles. The summed E-state index contributed by atoms with van der Waals surface area (Å²) in [5.74, 6) is 1.03. The van der Waals surface area contributed by atoms with Gasteiger partial charge in [0.15, 0.2) is 0 Å². The van der Waals surface area contributed by atoms with E-state index in [4.69, 9.17) is 33.7 Å². The number of rotatable bonds is 6. The fraction of sp³-hybridized carbons (Fsp3) is 0.333. The van der Waals surface area contributed by atoms with E-state index >= 15 is 0 Å². The zero-order chi connectivity index (χ0) is 16.1. The van der Waals surface area contributed by atoms with Gasteiger partial charge in [0.1, 0.15) is 5.75 Å². The first-order chi connectivity index (χ1) is 10.6. The summed E-state index contributed by atoms with van der Waals surface area (Å²) < 4.78 is 5.75. The van der Waals surface area contributed by atoms with Crippen LogP contribution in [0, 0.1) is 6.92 Å². The number of ether oxygens (including phenoxy) is 1. The number of halogens is 2. The molecule has 0 saturated carbocycles. The number of hydrogen-bond donors (Lipinski definition) is 1. The third-order valence-corrected chi connectivity index (χ3v) is 4.55. The summed E-state index contributed by atoms with van der Waals surface area (Å²) in [5.41, 5.74) is 9.35. The molecular weight excluding hydrogens is 317 g/mol. The van der Waals surface area contributed by atoms with Crippen LogP contribution in [0.2, 0.25) is 10.0 Å². The van der Waals surface area contributed by atoms with Crippen LogP contribution in [-0.2, 0) is 6.42 Å². The van der Waals surface area contributed by atoms with Crippen molar-refractivity contribution in [2.45, 2.75) is 26.2 Å². The summed E-state index contributed by atoms with van der Waals surface area (Å²) in [6.07, 6.45) is 0.736. The fourth-order valence-corrected chi connectivity index (χ4v) is 2.96. The average molecular weight is 338 g/mol. The second kappa shape index (κ2) is 7.87. The molecule has 0 aromatic heterocycles. The minimum Gasteiger partial charge on any atom is -0.494 e. The van der Waals surface area contributed by atoms with Crippen LogP contribution in [-0.4, -0.2) is 13.2 Å². The van der Waals surface area contributed by atoms with Crippen molar-refractivity contribution >= 4 is 23.2 Å². The molecule has 0 radical (unpaired) electrons. The van der Waals surface area contributed by atoms with E-state index in [0.29, 0.717) is 23.2 Å². The third-order valence-electron chi connectivity index (χ3n) is 3.69. The summed E-state index contributed by atoms with van der Waals surface area (Å²) in [7, 11) is 0. The van der Waals surface area contributed by atoms with E-state index in [1.165, 1.54) is 5.56 Å². The summed E-state index contributed by atoms with van der Waals surface area (Å²) in [4.78, 5) is 0. The van der Waals surface area contributed by atoms with E-state index in [9.17, 15) is 0 Å². The van der Waals surface area contributed by atoms with Crippen molar-refractivity contribution in [1.82, 2.24) is 0 Å². The molecule has 1 unspecified atom stereocenters. The van der Waals surface area contributed by atoms with Crippen molar-refractivity contribution in [2.24, 2.45) is 5.73 Å². The quantitative estimate of drug-likeness (QED) is 0.806. The molecular formula is C18H21Cl2NO. The van der Waals surface area contributed by atoms with Crippen LogP contribution in [0.4, 0.5) is 0 Å². The number of nitrogens with two attached hydrogens (primary N) is 1. The smallest absolute Gasteiger partial charge is 0.122 e. The Morgan fingerprint density at radius 3 is 2.64 bits per heavy atom. The first-order valence-corrected chi connectivity index (χ1v) is 8.18. The summed E-state index contributed by atoms with van der Waals surface area (Å²) in [6, 6.07) is 11.9. The van der Waals surface area contributed by atoms with Gasteiger partial charge in [-0.05, 0) is 50.1 Å². The molecule has 0 fully saturated rings. The molecule has 0 aliphatic heterocycles. The minimum absolute atomic E-state index is 0.136. The maximum atomic E-state index is 6.31. The van der Waals surface area contributed by atoms with Gasteiger partial charge in [0, 0.05) is 5.92 Å². The van der Waals surface area contributed by atoms with E-state index in [1.807, 2.05) is 25.1 Å². The van der Waals surface area contributed by atoms with Gasteiger partial charge in [-0.3, -0.25) is 0 Å². The summed E-state index contributed by atoms with van der Waals surface area (Å²) in [5, 5.41) is 1.18. The van der Waals surface area contributed by atoms with Crippen molar-refractivity contribution in [2.75, 3.05) is 13.2 Å². The molecule has 0 bridgehead atoms. The van der Waals surface area contributed by atoms with Gasteiger partial charge >= 0.3 is 0 Å². The van der Waals surface area contributed by atoms with Crippen molar-refractivity contribution in [3.63, 3.8) is 0 Å². The molecule has 2 aromatic carbocycles. The lowest BCUT2D eigenvalue weighted by Crippen LogP contribution is -2.16. The van der Waals surface area contributed by atoms with Gasteiger partial charge < -0.3 is 10.5 Å². The van der Waals surface area contributed by atoms with E-state index in [2.05, 4.69) is 19.1 Å². The van der Waals surface area contributed by atoms with Gasteiger partial charge in [-0.15, -0.1) is 0 Å². The van der Waals surface area contributed by atoms with Crippen molar-refractivity contribution in [3.05, 3.63) is 63.1 Å². The van der Waals surface area contributed by atoms with Crippen LogP contribution in [0.15, 0.2) is 36.4 Å². The topological polar surface area (TPSA) is 35.2 Å². The number of benzene rings is 2. The van der Waals surface area contributed by atoms with Gasteiger partial charge in [-0.1, -0.05) is 53.0 Å². The van der Waals surface area contributed by atoms with Gasteiger partial charge in [0.05, 0.1) is 16.7 Å². The lowest BCUT2D eigenvalue weighted by Gasteiger charge is -2.20. The van der Waals surface area contributed by atoms with Crippen LogP contribution in [0.25, 0.3) is 0 Å². The lowest BCUT2D eigenvalue weighted by atomic mass is 9.90. The highest BCUT2D eigenvalue weighted by Gasteiger charge is 2.18. The molecule has 2 N–H and O–H groups in total. The maximum Gasteiger partial charge on any atom is 0.122 e. The molecule has 4 heteroatoms. The van der Waals surface area contributed by atoms with Crippen molar-refractivity contribution in [1.29, 1.82) is 0 Å². The molecule has 2 rings (SSSR count). The second-order valence-corrected chi connectivity index (χ2v) is 6.11. The fourth-order valence-electron chi connectivity index (χ4n) is 2.57. The molecule has 2 nitrogen and oxygen atoms in total. The molecule has 0 spiro atoms. The van der Waals surface area contributed by atoms with E-state index in [1.54, 1.807) is 6.07 Å².